The minimum atomic E-state index is -0.0932. The van der Waals surface area contributed by atoms with Crippen molar-refractivity contribution in [1.82, 2.24) is 15.1 Å². The maximum atomic E-state index is 12.7. The van der Waals surface area contributed by atoms with Gasteiger partial charge in [-0.3, -0.25) is 4.79 Å². The lowest BCUT2D eigenvalue weighted by molar-refractivity contribution is 0.0909. The molecule has 2 heterocycles. The zero-order valence-electron chi connectivity index (χ0n) is 15.8. The number of thiophene rings is 1. The van der Waals surface area contributed by atoms with Gasteiger partial charge in [-0.2, -0.15) is 5.10 Å². The topological polar surface area (TPSA) is 56.1 Å². The van der Waals surface area contributed by atoms with E-state index in [-0.39, 0.29) is 11.9 Å². The number of nitrogens with one attached hydrogen (secondary N) is 1. The summed E-state index contributed by atoms with van der Waals surface area (Å²) in [7, 11) is 1.63. The summed E-state index contributed by atoms with van der Waals surface area (Å²) in [5.74, 6) is -0.0932. The molecule has 4 aromatic rings. The molecule has 0 spiro atoms. The Balaban J connectivity index is 1.81. The van der Waals surface area contributed by atoms with Crippen LogP contribution in [0.5, 0.6) is 0 Å². The fourth-order valence-electron chi connectivity index (χ4n) is 3.16. The Kier molecular flexibility index (Phi) is 5.23. The SMILES string of the molecule is COCC(C)NC(=O)c1cc2c(-c3ccccc3)nn(-c3ccccc3)c2s1. The Morgan fingerprint density at radius 3 is 2.50 bits per heavy atom. The number of carbonyl (C=O) groups excluding carboxylic acids is 1. The monoisotopic (exact) mass is 391 g/mol. The third-order valence-corrected chi connectivity index (χ3v) is 5.54. The van der Waals surface area contributed by atoms with Crippen LogP contribution in [0.3, 0.4) is 0 Å². The first-order chi connectivity index (χ1) is 13.7. The molecule has 6 heteroatoms. The van der Waals surface area contributed by atoms with Crippen molar-refractivity contribution in [1.29, 1.82) is 0 Å². The van der Waals surface area contributed by atoms with Crippen molar-refractivity contribution in [3.63, 3.8) is 0 Å². The molecule has 2 aromatic carbocycles. The highest BCUT2D eigenvalue weighted by Gasteiger charge is 2.20. The Bertz CT molecular complexity index is 1020. The van der Waals surface area contributed by atoms with Gasteiger partial charge in [-0.25, -0.2) is 4.68 Å². The van der Waals surface area contributed by atoms with Crippen molar-refractivity contribution < 1.29 is 9.53 Å². The molecule has 0 aliphatic carbocycles. The lowest BCUT2D eigenvalue weighted by Crippen LogP contribution is -2.35. The van der Waals surface area contributed by atoms with Gasteiger partial charge in [-0.15, -0.1) is 11.3 Å². The fraction of sp³-hybridized carbons (Fsp3) is 0.182. The van der Waals surface area contributed by atoms with Gasteiger partial charge in [0.1, 0.15) is 10.5 Å². The molecule has 0 saturated carbocycles. The molecule has 1 amide bonds. The van der Waals surface area contributed by atoms with E-state index in [0.717, 1.165) is 27.2 Å². The Hall–Kier alpha value is -2.96. The molecule has 0 radical (unpaired) electrons. The second-order valence-electron chi connectivity index (χ2n) is 6.62. The summed E-state index contributed by atoms with van der Waals surface area (Å²) in [5, 5.41) is 8.82. The summed E-state index contributed by atoms with van der Waals surface area (Å²) in [6.07, 6.45) is 0. The van der Waals surface area contributed by atoms with Crippen LogP contribution in [0.2, 0.25) is 0 Å². The number of aromatic nitrogens is 2. The summed E-state index contributed by atoms with van der Waals surface area (Å²) in [5.41, 5.74) is 2.87. The molecule has 28 heavy (non-hydrogen) atoms. The average molecular weight is 391 g/mol. The molecule has 1 N–H and O–H groups in total. The molecule has 1 atom stereocenters. The number of amides is 1. The van der Waals surface area contributed by atoms with Crippen LogP contribution in [0.4, 0.5) is 0 Å². The van der Waals surface area contributed by atoms with Crippen LogP contribution >= 0.6 is 11.3 Å². The van der Waals surface area contributed by atoms with Gasteiger partial charge < -0.3 is 10.1 Å². The van der Waals surface area contributed by atoms with Crippen molar-refractivity contribution in [2.24, 2.45) is 0 Å². The van der Waals surface area contributed by atoms with Crippen molar-refractivity contribution >= 4 is 27.5 Å². The highest BCUT2D eigenvalue weighted by molar-refractivity contribution is 7.20. The van der Waals surface area contributed by atoms with Crippen LogP contribution in [0.1, 0.15) is 16.6 Å². The van der Waals surface area contributed by atoms with Gasteiger partial charge in [-0.1, -0.05) is 48.5 Å². The number of ether oxygens (including phenoxy) is 1. The largest absolute Gasteiger partial charge is 0.383 e. The average Bonchev–Trinajstić information content (AvgIpc) is 3.29. The lowest BCUT2D eigenvalue weighted by Gasteiger charge is -2.11. The molecule has 1 unspecified atom stereocenters. The van der Waals surface area contributed by atoms with Crippen LogP contribution < -0.4 is 5.32 Å². The van der Waals surface area contributed by atoms with E-state index in [1.165, 1.54) is 11.3 Å². The van der Waals surface area contributed by atoms with E-state index in [9.17, 15) is 4.79 Å². The first kappa shape index (κ1) is 18.4. The number of para-hydroxylation sites is 1. The maximum Gasteiger partial charge on any atom is 0.261 e. The Labute approximate surface area is 167 Å². The first-order valence-corrected chi connectivity index (χ1v) is 9.92. The van der Waals surface area contributed by atoms with Crippen LogP contribution in [0.15, 0.2) is 66.7 Å². The van der Waals surface area contributed by atoms with E-state index in [0.29, 0.717) is 11.5 Å². The predicted octanol–water partition coefficient (Wildman–Crippen LogP) is 4.52. The molecule has 0 bridgehead atoms. The van der Waals surface area contributed by atoms with E-state index < -0.39 is 0 Å². The van der Waals surface area contributed by atoms with E-state index in [2.05, 4.69) is 5.32 Å². The molecule has 0 fully saturated rings. The summed E-state index contributed by atoms with van der Waals surface area (Å²) >= 11 is 1.45. The number of rotatable bonds is 6. The highest BCUT2D eigenvalue weighted by atomic mass is 32.1. The molecule has 0 aliphatic rings. The van der Waals surface area contributed by atoms with Gasteiger partial charge >= 0.3 is 0 Å². The number of hydrogen-bond donors (Lipinski definition) is 1. The predicted molar refractivity (Wildman–Crippen MR) is 113 cm³/mol. The number of benzene rings is 2. The third-order valence-electron chi connectivity index (χ3n) is 4.43. The van der Waals surface area contributed by atoms with Crippen molar-refractivity contribution in [3.8, 4) is 16.9 Å². The molecule has 4 rings (SSSR count). The zero-order valence-corrected chi connectivity index (χ0v) is 16.6. The van der Waals surface area contributed by atoms with Gasteiger partial charge in [0.05, 0.1) is 17.2 Å². The number of hydrogen-bond acceptors (Lipinski definition) is 4. The van der Waals surface area contributed by atoms with Gasteiger partial charge in [0.15, 0.2) is 0 Å². The van der Waals surface area contributed by atoms with Crippen LogP contribution in [-0.2, 0) is 4.74 Å². The number of nitrogens with zero attached hydrogens (tertiary/aromatic N) is 2. The van der Waals surface area contributed by atoms with E-state index in [1.807, 2.05) is 78.3 Å². The van der Waals surface area contributed by atoms with Crippen molar-refractivity contribution in [2.75, 3.05) is 13.7 Å². The molecule has 2 aromatic heterocycles. The van der Waals surface area contributed by atoms with E-state index in [1.54, 1.807) is 7.11 Å². The number of methoxy groups -OCH3 is 1. The molecule has 5 nitrogen and oxygen atoms in total. The Morgan fingerprint density at radius 2 is 1.82 bits per heavy atom. The van der Waals surface area contributed by atoms with Gasteiger partial charge in [-0.05, 0) is 25.1 Å². The minimum Gasteiger partial charge on any atom is -0.383 e. The summed E-state index contributed by atoms with van der Waals surface area (Å²) in [6, 6.07) is 21.9. The minimum absolute atomic E-state index is 0.0538. The standard InChI is InChI=1S/C22H21N3O2S/c1-15(14-27-2)23-21(26)19-13-18-20(16-9-5-3-6-10-16)24-25(22(18)28-19)17-11-7-4-8-12-17/h3-13,15H,14H2,1-2H3,(H,23,26). The van der Waals surface area contributed by atoms with E-state index >= 15 is 0 Å². The summed E-state index contributed by atoms with van der Waals surface area (Å²) in [6.45, 7) is 2.40. The summed E-state index contributed by atoms with van der Waals surface area (Å²) in [4.78, 5) is 14.3. The zero-order chi connectivity index (χ0) is 19.5. The van der Waals surface area contributed by atoms with Gasteiger partial charge in [0, 0.05) is 24.1 Å². The molecule has 0 saturated heterocycles. The molecular weight excluding hydrogens is 370 g/mol. The van der Waals surface area contributed by atoms with Gasteiger partial charge in [0.2, 0.25) is 0 Å². The number of fused-ring (bicyclic) bond motifs is 1. The quantitative estimate of drug-likeness (QED) is 0.526. The third kappa shape index (κ3) is 3.56. The van der Waals surface area contributed by atoms with Crippen molar-refractivity contribution in [3.05, 3.63) is 71.6 Å². The smallest absolute Gasteiger partial charge is 0.261 e. The van der Waals surface area contributed by atoms with E-state index in [4.69, 9.17) is 9.84 Å². The second kappa shape index (κ2) is 7.96. The van der Waals surface area contributed by atoms with Crippen LogP contribution in [-0.4, -0.2) is 35.4 Å². The van der Waals surface area contributed by atoms with Gasteiger partial charge in [0.25, 0.3) is 5.91 Å². The number of carbonyl (C=O) groups is 1. The summed E-state index contributed by atoms with van der Waals surface area (Å²) < 4.78 is 7.03. The maximum absolute atomic E-state index is 12.7. The van der Waals surface area contributed by atoms with Crippen molar-refractivity contribution in [2.45, 2.75) is 13.0 Å². The normalized spacial score (nSPS) is 12.2. The molecule has 0 aliphatic heterocycles. The highest BCUT2D eigenvalue weighted by Crippen LogP contribution is 2.35. The molecule has 142 valence electrons. The van der Waals surface area contributed by atoms with Crippen LogP contribution in [0.25, 0.3) is 27.2 Å². The molecular formula is C22H21N3O2S. The first-order valence-electron chi connectivity index (χ1n) is 9.10. The second-order valence-corrected chi connectivity index (χ2v) is 7.65. The lowest BCUT2D eigenvalue weighted by atomic mass is 10.1. The van der Waals surface area contributed by atoms with Crippen LogP contribution in [0, 0.1) is 0 Å². The fourth-order valence-corrected chi connectivity index (χ4v) is 4.19. The Morgan fingerprint density at radius 1 is 1.14 bits per heavy atom.